The van der Waals surface area contributed by atoms with Crippen LogP contribution in [-0.4, -0.2) is 7.11 Å². The Bertz CT molecular complexity index is 343. The lowest BCUT2D eigenvalue weighted by atomic mass is 10.1. The van der Waals surface area contributed by atoms with Crippen LogP contribution in [0, 0.1) is 18.2 Å². The first kappa shape index (κ1) is 9.56. The number of methoxy groups -OCH3 is 1. The summed E-state index contributed by atoms with van der Waals surface area (Å²) in [6.45, 7) is 0. The van der Waals surface area contributed by atoms with Gasteiger partial charge in [-0.05, 0) is 12.1 Å². The third-order valence-corrected chi connectivity index (χ3v) is 1.72. The van der Waals surface area contributed by atoms with Gasteiger partial charge in [0.2, 0.25) is 0 Å². The van der Waals surface area contributed by atoms with Crippen LogP contribution in [0.3, 0.4) is 0 Å². The Morgan fingerprint density at radius 1 is 1.62 bits per heavy atom. The molecule has 0 bridgehead atoms. The minimum absolute atomic E-state index is 0.309. The number of terminal acetylenes is 1. The van der Waals surface area contributed by atoms with Gasteiger partial charge in [0.15, 0.2) is 0 Å². The third kappa shape index (κ3) is 1.98. The topological polar surface area (TPSA) is 35.2 Å². The molecule has 0 aliphatic heterocycles. The van der Waals surface area contributed by atoms with Crippen molar-refractivity contribution in [2.24, 2.45) is 5.73 Å². The maximum absolute atomic E-state index is 13.2. The van der Waals surface area contributed by atoms with Gasteiger partial charge in [-0.3, -0.25) is 0 Å². The van der Waals surface area contributed by atoms with E-state index in [1.54, 1.807) is 6.07 Å². The van der Waals surface area contributed by atoms with Crippen LogP contribution in [-0.2, 0) is 0 Å². The number of nitrogens with two attached hydrogens (primary N) is 1. The molecule has 2 N–H and O–H groups in total. The molecular formula is C10H10FNO. The first-order chi connectivity index (χ1) is 6.19. The van der Waals surface area contributed by atoms with Crippen LogP contribution in [0.5, 0.6) is 5.75 Å². The second-order valence-corrected chi connectivity index (χ2v) is 2.53. The van der Waals surface area contributed by atoms with E-state index in [4.69, 9.17) is 16.9 Å². The van der Waals surface area contributed by atoms with Gasteiger partial charge in [0.25, 0.3) is 0 Å². The van der Waals surface area contributed by atoms with Gasteiger partial charge in [-0.1, -0.05) is 5.92 Å². The van der Waals surface area contributed by atoms with Gasteiger partial charge in [-0.15, -0.1) is 6.42 Å². The average Bonchev–Trinajstić information content (AvgIpc) is 2.16. The Balaban J connectivity index is 3.06. The summed E-state index contributed by atoms with van der Waals surface area (Å²) in [5, 5.41) is 0. The average molecular weight is 179 g/mol. The van der Waals surface area contributed by atoms with Crippen molar-refractivity contribution in [1.29, 1.82) is 0 Å². The van der Waals surface area contributed by atoms with Crippen molar-refractivity contribution in [3.05, 3.63) is 29.6 Å². The van der Waals surface area contributed by atoms with Crippen LogP contribution in [0.15, 0.2) is 18.2 Å². The van der Waals surface area contributed by atoms with Crippen LogP contribution in [0.4, 0.5) is 4.39 Å². The predicted molar refractivity (Wildman–Crippen MR) is 48.7 cm³/mol. The Morgan fingerprint density at radius 2 is 2.31 bits per heavy atom. The lowest BCUT2D eigenvalue weighted by Crippen LogP contribution is -2.09. The van der Waals surface area contributed by atoms with Gasteiger partial charge in [-0.2, -0.15) is 0 Å². The fourth-order valence-corrected chi connectivity index (χ4v) is 0.977. The fraction of sp³-hybridized carbons (Fsp3) is 0.200. The highest BCUT2D eigenvalue weighted by Gasteiger charge is 2.09. The van der Waals surface area contributed by atoms with E-state index < -0.39 is 11.9 Å². The van der Waals surface area contributed by atoms with Crippen LogP contribution in [0.25, 0.3) is 0 Å². The van der Waals surface area contributed by atoms with Gasteiger partial charge in [0, 0.05) is 11.6 Å². The summed E-state index contributed by atoms with van der Waals surface area (Å²) in [6, 6.07) is 3.70. The fourth-order valence-electron chi connectivity index (χ4n) is 0.977. The molecule has 0 aliphatic rings. The Morgan fingerprint density at radius 3 is 2.77 bits per heavy atom. The molecule has 1 atom stereocenters. The zero-order chi connectivity index (χ0) is 9.84. The Hall–Kier alpha value is -1.53. The lowest BCUT2D eigenvalue weighted by Gasteiger charge is -2.07. The van der Waals surface area contributed by atoms with Crippen molar-refractivity contribution in [2.45, 2.75) is 6.04 Å². The predicted octanol–water partition coefficient (Wildman–Crippen LogP) is 1.47. The molecule has 0 fully saturated rings. The van der Waals surface area contributed by atoms with Crippen LogP contribution < -0.4 is 10.5 Å². The second-order valence-electron chi connectivity index (χ2n) is 2.53. The zero-order valence-corrected chi connectivity index (χ0v) is 7.25. The summed E-state index contributed by atoms with van der Waals surface area (Å²) in [5.41, 5.74) is 5.78. The maximum atomic E-state index is 13.2. The standard InChI is InChI=1S/C10H10FNO/c1-3-10(12)8-5-4-7(13-2)6-9(8)11/h1,4-6,10H,12H2,2H3. The number of halogens is 1. The molecule has 0 amide bonds. The number of hydrogen-bond donors (Lipinski definition) is 1. The number of hydrogen-bond acceptors (Lipinski definition) is 2. The lowest BCUT2D eigenvalue weighted by molar-refractivity contribution is 0.410. The summed E-state index contributed by atoms with van der Waals surface area (Å²) in [7, 11) is 1.47. The molecule has 3 heteroatoms. The second kappa shape index (κ2) is 3.92. The Kier molecular flexibility index (Phi) is 2.88. The smallest absolute Gasteiger partial charge is 0.132 e. The molecule has 0 spiro atoms. The quantitative estimate of drug-likeness (QED) is 0.698. The highest BCUT2D eigenvalue weighted by Crippen LogP contribution is 2.19. The monoisotopic (exact) mass is 179 g/mol. The maximum Gasteiger partial charge on any atom is 0.132 e. The molecule has 0 aromatic heterocycles. The van der Waals surface area contributed by atoms with Gasteiger partial charge < -0.3 is 10.5 Å². The van der Waals surface area contributed by atoms with Crippen LogP contribution in [0.1, 0.15) is 11.6 Å². The number of benzene rings is 1. The molecule has 0 heterocycles. The minimum Gasteiger partial charge on any atom is -0.497 e. The highest BCUT2D eigenvalue weighted by atomic mass is 19.1. The van der Waals surface area contributed by atoms with Crippen LogP contribution in [0.2, 0.25) is 0 Å². The molecule has 0 aliphatic carbocycles. The molecular weight excluding hydrogens is 169 g/mol. The SMILES string of the molecule is C#CC(N)c1ccc(OC)cc1F. The van der Waals surface area contributed by atoms with E-state index in [0.29, 0.717) is 11.3 Å². The summed E-state index contributed by atoms with van der Waals surface area (Å²) in [5.74, 6) is 2.27. The normalized spacial score (nSPS) is 11.8. The van der Waals surface area contributed by atoms with Crippen molar-refractivity contribution >= 4 is 0 Å². The van der Waals surface area contributed by atoms with E-state index in [9.17, 15) is 4.39 Å². The summed E-state index contributed by atoms with van der Waals surface area (Å²) < 4.78 is 18.0. The summed E-state index contributed by atoms with van der Waals surface area (Å²) in [6.07, 6.45) is 5.07. The number of rotatable bonds is 2. The Labute approximate surface area is 76.5 Å². The van der Waals surface area contributed by atoms with Crippen molar-refractivity contribution in [1.82, 2.24) is 0 Å². The molecule has 13 heavy (non-hydrogen) atoms. The van der Waals surface area contributed by atoms with E-state index in [1.165, 1.54) is 19.2 Å². The molecule has 1 unspecified atom stereocenters. The first-order valence-corrected chi connectivity index (χ1v) is 3.74. The zero-order valence-electron chi connectivity index (χ0n) is 7.25. The number of ether oxygens (including phenoxy) is 1. The van der Waals surface area contributed by atoms with E-state index in [1.807, 2.05) is 0 Å². The molecule has 68 valence electrons. The van der Waals surface area contributed by atoms with Gasteiger partial charge in [-0.25, -0.2) is 4.39 Å². The molecule has 2 nitrogen and oxygen atoms in total. The molecule has 0 saturated heterocycles. The highest BCUT2D eigenvalue weighted by molar-refractivity contribution is 5.33. The van der Waals surface area contributed by atoms with Gasteiger partial charge >= 0.3 is 0 Å². The van der Waals surface area contributed by atoms with Crippen molar-refractivity contribution in [2.75, 3.05) is 7.11 Å². The van der Waals surface area contributed by atoms with Gasteiger partial charge in [0.05, 0.1) is 13.2 Å². The third-order valence-electron chi connectivity index (χ3n) is 1.72. The van der Waals surface area contributed by atoms with E-state index in [2.05, 4.69) is 5.92 Å². The van der Waals surface area contributed by atoms with Crippen molar-refractivity contribution in [3.63, 3.8) is 0 Å². The molecule has 1 rings (SSSR count). The van der Waals surface area contributed by atoms with E-state index in [-0.39, 0.29) is 0 Å². The van der Waals surface area contributed by atoms with E-state index in [0.717, 1.165) is 0 Å². The summed E-state index contributed by atoms with van der Waals surface area (Å²) >= 11 is 0. The van der Waals surface area contributed by atoms with Crippen molar-refractivity contribution in [3.8, 4) is 18.1 Å². The molecule has 0 saturated carbocycles. The van der Waals surface area contributed by atoms with Crippen LogP contribution >= 0.6 is 0 Å². The summed E-state index contributed by atoms with van der Waals surface area (Å²) in [4.78, 5) is 0. The molecule has 1 aromatic rings. The first-order valence-electron chi connectivity index (χ1n) is 3.74. The van der Waals surface area contributed by atoms with E-state index >= 15 is 0 Å². The largest absolute Gasteiger partial charge is 0.497 e. The molecule has 0 radical (unpaired) electrons. The van der Waals surface area contributed by atoms with Gasteiger partial charge in [0.1, 0.15) is 11.6 Å². The minimum atomic E-state index is -0.703. The molecule has 1 aromatic carbocycles. The van der Waals surface area contributed by atoms with Crippen molar-refractivity contribution < 1.29 is 9.13 Å².